The molecular weight excluding hydrogens is 294 g/mol. The van der Waals surface area contributed by atoms with E-state index in [1.54, 1.807) is 4.90 Å². The second kappa shape index (κ2) is 6.73. The van der Waals surface area contributed by atoms with Gasteiger partial charge in [0.25, 0.3) is 5.91 Å². The molecule has 1 aliphatic rings. The van der Waals surface area contributed by atoms with Crippen molar-refractivity contribution in [1.82, 2.24) is 9.80 Å². The lowest BCUT2D eigenvalue weighted by Gasteiger charge is -2.38. The van der Waals surface area contributed by atoms with Crippen LogP contribution >= 0.6 is 11.3 Å². The van der Waals surface area contributed by atoms with Crippen LogP contribution in [0.4, 0.5) is 0 Å². The minimum absolute atomic E-state index is 0.0286. The summed E-state index contributed by atoms with van der Waals surface area (Å²) in [5.74, 6) is 0.0286. The number of hydrogen-bond donors (Lipinski definition) is 0. The van der Waals surface area contributed by atoms with Crippen LogP contribution in [0.2, 0.25) is 0 Å². The zero-order valence-corrected chi connectivity index (χ0v) is 13.0. The Morgan fingerprint density at radius 3 is 2.77 bits per heavy atom. The van der Waals surface area contributed by atoms with E-state index >= 15 is 0 Å². The van der Waals surface area contributed by atoms with Crippen molar-refractivity contribution in [3.63, 3.8) is 0 Å². The Kier molecular flexibility index (Phi) is 4.52. The van der Waals surface area contributed by atoms with Crippen molar-refractivity contribution in [2.45, 2.75) is 12.6 Å². The summed E-state index contributed by atoms with van der Waals surface area (Å²) in [7, 11) is 0. The number of hydrogen-bond acceptors (Lipinski definition) is 4. The molecule has 0 saturated carbocycles. The molecule has 0 radical (unpaired) electrons. The van der Waals surface area contributed by atoms with E-state index in [0.29, 0.717) is 13.1 Å². The molecule has 1 saturated heterocycles. The number of carbonyl (C=O) groups is 1. The standard InChI is InChI=1S/C17H17N3OS/c18-10-16-12-20(17(21)15-6-9-22-13-15)8-7-19(16)11-14-4-2-1-3-5-14/h1-6,9,13,16H,7-8,11-12H2. The van der Waals surface area contributed by atoms with Gasteiger partial charge < -0.3 is 4.90 Å². The zero-order chi connectivity index (χ0) is 15.4. The molecule has 1 unspecified atom stereocenters. The van der Waals surface area contributed by atoms with E-state index in [4.69, 9.17) is 0 Å². The fraction of sp³-hybridized carbons (Fsp3) is 0.294. The quantitative estimate of drug-likeness (QED) is 0.875. The first-order chi connectivity index (χ1) is 10.8. The van der Waals surface area contributed by atoms with E-state index in [9.17, 15) is 10.1 Å². The van der Waals surface area contributed by atoms with Crippen LogP contribution in [0.25, 0.3) is 0 Å². The molecule has 0 N–H and O–H groups in total. The summed E-state index contributed by atoms with van der Waals surface area (Å²) in [5, 5.41) is 13.2. The molecule has 112 valence electrons. The van der Waals surface area contributed by atoms with Crippen molar-refractivity contribution in [3.8, 4) is 6.07 Å². The second-order valence-corrected chi connectivity index (χ2v) is 6.14. The lowest BCUT2D eigenvalue weighted by molar-refractivity contribution is 0.0552. The third kappa shape index (κ3) is 3.19. The molecule has 2 heterocycles. The van der Waals surface area contributed by atoms with Gasteiger partial charge in [0.05, 0.1) is 11.6 Å². The van der Waals surface area contributed by atoms with Crippen molar-refractivity contribution < 1.29 is 4.79 Å². The topological polar surface area (TPSA) is 47.3 Å². The number of thiophene rings is 1. The van der Waals surface area contributed by atoms with Crippen molar-refractivity contribution in [2.75, 3.05) is 19.6 Å². The summed E-state index contributed by atoms with van der Waals surface area (Å²) in [6.07, 6.45) is 0. The molecule has 0 spiro atoms. The van der Waals surface area contributed by atoms with Crippen LogP contribution in [-0.4, -0.2) is 41.4 Å². The highest BCUT2D eigenvalue weighted by atomic mass is 32.1. The number of amides is 1. The zero-order valence-electron chi connectivity index (χ0n) is 12.2. The first-order valence-corrected chi connectivity index (χ1v) is 8.21. The molecular formula is C17H17N3OS. The lowest BCUT2D eigenvalue weighted by atomic mass is 10.1. The summed E-state index contributed by atoms with van der Waals surface area (Å²) < 4.78 is 0. The molecule has 5 heteroatoms. The molecule has 0 aliphatic carbocycles. The third-order valence-electron chi connectivity index (χ3n) is 3.92. The van der Waals surface area contributed by atoms with E-state index in [-0.39, 0.29) is 11.9 Å². The fourth-order valence-corrected chi connectivity index (χ4v) is 3.33. The first kappa shape index (κ1) is 14.8. The highest BCUT2D eigenvalue weighted by Gasteiger charge is 2.30. The summed E-state index contributed by atoms with van der Waals surface area (Å²) in [5.41, 5.74) is 1.92. The van der Waals surface area contributed by atoms with Gasteiger partial charge in [-0.05, 0) is 17.0 Å². The number of carbonyl (C=O) groups excluding carboxylic acids is 1. The molecule has 0 bridgehead atoms. The number of piperazine rings is 1. The van der Waals surface area contributed by atoms with Crippen molar-refractivity contribution in [3.05, 3.63) is 58.3 Å². The molecule has 22 heavy (non-hydrogen) atoms. The number of nitriles is 1. The van der Waals surface area contributed by atoms with Gasteiger partial charge in [-0.15, -0.1) is 0 Å². The Labute approximate surface area is 134 Å². The summed E-state index contributed by atoms with van der Waals surface area (Å²) in [4.78, 5) is 16.3. The highest BCUT2D eigenvalue weighted by molar-refractivity contribution is 7.08. The van der Waals surface area contributed by atoms with E-state index < -0.39 is 0 Å². The fourth-order valence-electron chi connectivity index (χ4n) is 2.70. The van der Waals surface area contributed by atoms with Gasteiger partial charge in [-0.25, -0.2) is 0 Å². The molecule has 1 atom stereocenters. The number of rotatable bonds is 3. The Morgan fingerprint density at radius 2 is 2.09 bits per heavy atom. The highest BCUT2D eigenvalue weighted by Crippen LogP contribution is 2.17. The van der Waals surface area contributed by atoms with Gasteiger partial charge in [-0.3, -0.25) is 9.69 Å². The van der Waals surface area contributed by atoms with Crippen LogP contribution in [0.3, 0.4) is 0 Å². The lowest BCUT2D eigenvalue weighted by Crippen LogP contribution is -2.53. The predicted octanol–water partition coefficient (Wildman–Crippen LogP) is 2.60. The normalized spacial score (nSPS) is 18.9. The minimum Gasteiger partial charge on any atom is -0.335 e. The Morgan fingerprint density at radius 1 is 1.27 bits per heavy atom. The predicted molar refractivity (Wildman–Crippen MR) is 86.5 cm³/mol. The number of benzene rings is 1. The smallest absolute Gasteiger partial charge is 0.254 e. The largest absolute Gasteiger partial charge is 0.335 e. The van der Waals surface area contributed by atoms with Gasteiger partial charge in [0.2, 0.25) is 0 Å². The van der Waals surface area contributed by atoms with Gasteiger partial charge >= 0.3 is 0 Å². The molecule has 1 aromatic carbocycles. The third-order valence-corrected chi connectivity index (χ3v) is 4.61. The maximum atomic E-state index is 12.4. The van der Waals surface area contributed by atoms with E-state index in [1.165, 1.54) is 16.9 Å². The molecule has 1 aromatic heterocycles. The van der Waals surface area contributed by atoms with Crippen LogP contribution in [0, 0.1) is 11.3 Å². The molecule has 1 fully saturated rings. The van der Waals surface area contributed by atoms with Crippen LogP contribution in [0.15, 0.2) is 47.2 Å². The van der Waals surface area contributed by atoms with Gasteiger partial charge in [-0.2, -0.15) is 16.6 Å². The molecule has 3 rings (SSSR count). The second-order valence-electron chi connectivity index (χ2n) is 5.36. The minimum atomic E-state index is -0.253. The van der Waals surface area contributed by atoms with Gasteiger partial charge in [0, 0.05) is 31.6 Å². The monoisotopic (exact) mass is 311 g/mol. The average molecular weight is 311 g/mol. The van der Waals surface area contributed by atoms with Gasteiger partial charge in [0.15, 0.2) is 0 Å². The Bertz CT molecular complexity index is 663. The van der Waals surface area contributed by atoms with Crippen LogP contribution in [0.5, 0.6) is 0 Å². The summed E-state index contributed by atoms with van der Waals surface area (Å²) in [6.45, 7) is 2.61. The molecule has 1 aliphatic heterocycles. The van der Waals surface area contributed by atoms with Gasteiger partial charge in [-0.1, -0.05) is 30.3 Å². The molecule has 2 aromatic rings. The van der Waals surface area contributed by atoms with Crippen LogP contribution < -0.4 is 0 Å². The summed E-state index contributed by atoms with van der Waals surface area (Å²) >= 11 is 1.52. The van der Waals surface area contributed by atoms with Crippen molar-refractivity contribution in [2.24, 2.45) is 0 Å². The van der Waals surface area contributed by atoms with E-state index in [2.05, 4.69) is 23.1 Å². The molecule has 4 nitrogen and oxygen atoms in total. The average Bonchev–Trinajstić information content (AvgIpc) is 3.10. The van der Waals surface area contributed by atoms with Crippen LogP contribution in [0.1, 0.15) is 15.9 Å². The van der Waals surface area contributed by atoms with Crippen LogP contribution in [-0.2, 0) is 6.54 Å². The Balaban J connectivity index is 1.66. The SMILES string of the molecule is N#CC1CN(C(=O)c2ccsc2)CCN1Cc1ccccc1. The van der Waals surface area contributed by atoms with E-state index in [1.807, 2.05) is 35.0 Å². The van der Waals surface area contributed by atoms with Gasteiger partial charge in [0.1, 0.15) is 6.04 Å². The number of nitrogens with zero attached hydrogens (tertiary/aromatic N) is 3. The Hall–Kier alpha value is -2.16. The van der Waals surface area contributed by atoms with Crippen molar-refractivity contribution in [1.29, 1.82) is 5.26 Å². The van der Waals surface area contributed by atoms with E-state index in [0.717, 1.165) is 18.7 Å². The maximum absolute atomic E-state index is 12.4. The summed E-state index contributed by atoms with van der Waals surface area (Å²) in [6, 6.07) is 14.1. The maximum Gasteiger partial charge on any atom is 0.254 e. The molecule has 1 amide bonds. The first-order valence-electron chi connectivity index (χ1n) is 7.27. The van der Waals surface area contributed by atoms with Crippen molar-refractivity contribution >= 4 is 17.2 Å².